The van der Waals surface area contributed by atoms with Crippen molar-refractivity contribution in [1.29, 1.82) is 0 Å². The Morgan fingerprint density at radius 3 is 2.11 bits per heavy atom. The summed E-state index contributed by atoms with van der Waals surface area (Å²) in [6.07, 6.45) is 0.254. The van der Waals surface area contributed by atoms with Crippen molar-refractivity contribution in [2.45, 2.75) is 51.6 Å². The molecule has 0 bridgehead atoms. The summed E-state index contributed by atoms with van der Waals surface area (Å²) in [6, 6.07) is 29.2. The van der Waals surface area contributed by atoms with Crippen LogP contribution in [0.2, 0.25) is 5.02 Å². The fourth-order valence-corrected chi connectivity index (χ4v) is 6.57. The van der Waals surface area contributed by atoms with Crippen LogP contribution in [0.15, 0.2) is 108 Å². The molecular formula is C36H40ClN3O4S. The Hall–Kier alpha value is -4.14. The number of halogens is 1. The zero-order chi connectivity index (χ0) is 32.6. The zero-order valence-corrected chi connectivity index (χ0v) is 27.7. The van der Waals surface area contributed by atoms with E-state index in [9.17, 15) is 18.0 Å². The molecule has 1 atom stereocenters. The van der Waals surface area contributed by atoms with E-state index < -0.39 is 28.5 Å². The summed E-state index contributed by atoms with van der Waals surface area (Å²) in [5.74, 6) is -0.623. The third-order valence-corrected chi connectivity index (χ3v) is 9.40. The van der Waals surface area contributed by atoms with E-state index >= 15 is 0 Å². The average Bonchev–Trinajstić information content (AvgIpc) is 3.01. The van der Waals surface area contributed by atoms with E-state index in [0.29, 0.717) is 11.6 Å². The van der Waals surface area contributed by atoms with Crippen LogP contribution >= 0.6 is 11.6 Å². The SMILES string of the molecule is Cc1ccc(S(=O)(=O)N(CC(=O)N(Cc2cccc(C)c2)[C@@H](Cc2ccccc2)C(=O)NCC(C)C)c2cccc(Cl)c2)cc1. The zero-order valence-electron chi connectivity index (χ0n) is 26.1. The van der Waals surface area contributed by atoms with Gasteiger partial charge < -0.3 is 10.2 Å². The maximum atomic E-state index is 14.5. The molecule has 4 aromatic carbocycles. The highest BCUT2D eigenvalue weighted by Crippen LogP contribution is 2.27. The molecule has 236 valence electrons. The lowest BCUT2D eigenvalue weighted by Gasteiger charge is -2.34. The van der Waals surface area contributed by atoms with Gasteiger partial charge in [-0.15, -0.1) is 0 Å². The Morgan fingerprint density at radius 1 is 0.800 bits per heavy atom. The lowest BCUT2D eigenvalue weighted by atomic mass is 10.0. The van der Waals surface area contributed by atoms with Gasteiger partial charge in [0.25, 0.3) is 10.0 Å². The van der Waals surface area contributed by atoms with Crippen LogP contribution in [0.3, 0.4) is 0 Å². The third-order valence-electron chi connectivity index (χ3n) is 7.38. The summed E-state index contributed by atoms with van der Waals surface area (Å²) >= 11 is 6.30. The van der Waals surface area contributed by atoms with Gasteiger partial charge in [-0.1, -0.05) is 109 Å². The standard InChI is InChI=1S/C36H40ClN3O4S/c1-26(2)23-38-36(42)34(21-29-11-6-5-7-12-29)39(24-30-13-8-10-28(4)20-30)35(41)25-40(32-15-9-14-31(37)22-32)45(43,44)33-18-16-27(3)17-19-33/h5-20,22,26,34H,21,23-25H2,1-4H3,(H,38,42)/t34-/m0/s1. The molecule has 7 nitrogen and oxygen atoms in total. The Bertz CT molecular complexity index is 1710. The lowest BCUT2D eigenvalue weighted by molar-refractivity contribution is -0.140. The average molecular weight is 646 g/mol. The predicted molar refractivity (Wildman–Crippen MR) is 181 cm³/mol. The highest BCUT2D eigenvalue weighted by atomic mass is 35.5. The number of carbonyl (C=O) groups is 2. The van der Waals surface area contributed by atoms with E-state index in [-0.39, 0.29) is 35.4 Å². The summed E-state index contributed by atoms with van der Waals surface area (Å²) in [5.41, 5.74) is 3.86. The number of nitrogens with one attached hydrogen (secondary N) is 1. The van der Waals surface area contributed by atoms with Gasteiger partial charge in [-0.3, -0.25) is 13.9 Å². The largest absolute Gasteiger partial charge is 0.354 e. The topological polar surface area (TPSA) is 86.8 Å². The molecule has 0 aliphatic rings. The van der Waals surface area contributed by atoms with Gasteiger partial charge in [-0.2, -0.15) is 0 Å². The maximum absolute atomic E-state index is 14.5. The van der Waals surface area contributed by atoms with Crippen molar-refractivity contribution in [2.75, 3.05) is 17.4 Å². The highest BCUT2D eigenvalue weighted by molar-refractivity contribution is 7.92. The molecular weight excluding hydrogens is 606 g/mol. The van der Waals surface area contributed by atoms with Gasteiger partial charge in [0.15, 0.2) is 0 Å². The van der Waals surface area contributed by atoms with Gasteiger partial charge in [0.1, 0.15) is 12.6 Å². The molecule has 0 radical (unpaired) electrons. The molecule has 0 unspecified atom stereocenters. The van der Waals surface area contributed by atoms with E-state index in [1.807, 2.05) is 82.3 Å². The Morgan fingerprint density at radius 2 is 1.47 bits per heavy atom. The normalized spacial score (nSPS) is 12.0. The first kappa shape index (κ1) is 33.7. The fourth-order valence-electron chi connectivity index (χ4n) is 4.98. The second-order valence-corrected chi connectivity index (χ2v) is 14.0. The van der Waals surface area contributed by atoms with Crippen LogP contribution in [0, 0.1) is 19.8 Å². The van der Waals surface area contributed by atoms with Crippen molar-refractivity contribution >= 4 is 39.1 Å². The molecule has 0 aliphatic heterocycles. The van der Waals surface area contributed by atoms with Crippen molar-refractivity contribution in [3.05, 3.63) is 130 Å². The number of rotatable bonds is 13. The molecule has 9 heteroatoms. The number of hydrogen-bond donors (Lipinski definition) is 1. The number of anilines is 1. The van der Waals surface area contributed by atoms with E-state index in [2.05, 4.69) is 5.32 Å². The van der Waals surface area contributed by atoms with Gasteiger partial charge in [-0.25, -0.2) is 8.42 Å². The van der Waals surface area contributed by atoms with Crippen LogP contribution < -0.4 is 9.62 Å². The number of aryl methyl sites for hydroxylation is 2. The maximum Gasteiger partial charge on any atom is 0.264 e. The monoisotopic (exact) mass is 645 g/mol. The quantitative estimate of drug-likeness (QED) is 0.178. The van der Waals surface area contributed by atoms with Gasteiger partial charge in [-0.05, 0) is 61.2 Å². The minimum atomic E-state index is -4.20. The molecule has 0 aromatic heterocycles. The Balaban J connectivity index is 1.80. The molecule has 0 saturated carbocycles. The number of carbonyl (C=O) groups excluding carboxylic acids is 2. The third kappa shape index (κ3) is 9.19. The fraction of sp³-hybridized carbons (Fsp3) is 0.278. The van der Waals surface area contributed by atoms with Gasteiger partial charge in [0.2, 0.25) is 11.8 Å². The lowest BCUT2D eigenvalue weighted by Crippen LogP contribution is -2.53. The molecule has 0 aliphatic carbocycles. The van der Waals surface area contributed by atoms with Crippen molar-refractivity contribution in [3.63, 3.8) is 0 Å². The first-order valence-electron chi connectivity index (χ1n) is 15.0. The van der Waals surface area contributed by atoms with Crippen LogP contribution in [-0.4, -0.2) is 44.3 Å². The summed E-state index contributed by atoms with van der Waals surface area (Å²) < 4.78 is 29.3. The van der Waals surface area contributed by atoms with Crippen molar-refractivity contribution < 1.29 is 18.0 Å². The molecule has 45 heavy (non-hydrogen) atoms. The summed E-state index contributed by atoms with van der Waals surface area (Å²) in [7, 11) is -4.20. The van der Waals surface area contributed by atoms with Crippen LogP contribution in [0.4, 0.5) is 5.69 Å². The molecule has 1 N–H and O–H groups in total. The molecule has 0 fully saturated rings. The molecule has 0 heterocycles. The number of nitrogens with zero attached hydrogens (tertiary/aromatic N) is 2. The number of benzene rings is 4. The Kier molecular flexibility index (Phi) is 11.4. The summed E-state index contributed by atoms with van der Waals surface area (Å²) in [4.78, 5) is 29.9. The molecule has 0 spiro atoms. The summed E-state index contributed by atoms with van der Waals surface area (Å²) in [6.45, 7) is 7.84. The minimum absolute atomic E-state index is 0.0432. The predicted octanol–water partition coefficient (Wildman–Crippen LogP) is 6.56. The molecule has 4 aromatic rings. The minimum Gasteiger partial charge on any atom is -0.354 e. The first-order chi connectivity index (χ1) is 21.4. The molecule has 4 rings (SSSR count). The molecule has 2 amide bonds. The van der Waals surface area contributed by atoms with Crippen LogP contribution in [0.25, 0.3) is 0 Å². The van der Waals surface area contributed by atoms with Gasteiger partial charge in [0.05, 0.1) is 10.6 Å². The van der Waals surface area contributed by atoms with Crippen LogP contribution in [0.1, 0.15) is 36.1 Å². The second-order valence-electron chi connectivity index (χ2n) is 11.7. The van der Waals surface area contributed by atoms with Gasteiger partial charge >= 0.3 is 0 Å². The number of hydrogen-bond acceptors (Lipinski definition) is 4. The highest BCUT2D eigenvalue weighted by Gasteiger charge is 2.34. The second kappa shape index (κ2) is 15.2. The number of amides is 2. The van der Waals surface area contributed by atoms with Crippen LogP contribution in [0.5, 0.6) is 0 Å². The van der Waals surface area contributed by atoms with Crippen molar-refractivity contribution in [2.24, 2.45) is 5.92 Å². The van der Waals surface area contributed by atoms with E-state index in [1.54, 1.807) is 30.3 Å². The smallest absolute Gasteiger partial charge is 0.264 e. The summed E-state index contributed by atoms with van der Waals surface area (Å²) in [5, 5.41) is 3.34. The Labute approximate surface area is 271 Å². The van der Waals surface area contributed by atoms with E-state index in [1.165, 1.54) is 23.1 Å². The first-order valence-corrected chi connectivity index (χ1v) is 16.8. The van der Waals surface area contributed by atoms with E-state index in [4.69, 9.17) is 11.6 Å². The van der Waals surface area contributed by atoms with Gasteiger partial charge in [0, 0.05) is 24.5 Å². The van der Waals surface area contributed by atoms with Crippen LogP contribution in [-0.2, 0) is 32.6 Å². The van der Waals surface area contributed by atoms with Crippen molar-refractivity contribution in [3.8, 4) is 0 Å². The molecule has 0 saturated heterocycles. The number of sulfonamides is 1. The van der Waals surface area contributed by atoms with Crippen molar-refractivity contribution in [1.82, 2.24) is 10.2 Å². The van der Waals surface area contributed by atoms with E-state index in [0.717, 1.165) is 26.6 Å².